The Balaban J connectivity index is 2.45. The summed E-state index contributed by atoms with van der Waals surface area (Å²) in [6.45, 7) is 4.50. The Morgan fingerprint density at radius 1 is 1.26 bits per heavy atom. The van der Waals surface area contributed by atoms with Gasteiger partial charge in [0.2, 0.25) is 5.95 Å². The van der Waals surface area contributed by atoms with Crippen LogP contribution in [0.3, 0.4) is 0 Å². The minimum atomic E-state index is -0.559. The first-order valence-electron chi connectivity index (χ1n) is 6.14. The van der Waals surface area contributed by atoms with E-state index in [1.807, 2.05) is 6.92 Å². The fourth-order valence-electron chi connectivity index (χ4n) is 1.73. The van der Waals surface area contributed by atoms with Crippen LogP contribution < -0.4 is 5.32 Å². The van der Waals surface area contributed by atoms with Gasteiger partial charge in [0.15, 0.2) is 5.82 Å². The molecule has 0 aliphatic carbocycles. The van der Waals surface area contributed by atoms with Crippen LogP contribution in [0.1, 0.15) is 18.9 Å². The summed E-state index contributed by atoms with van der Waals surface area (Å²) in [5.74, 6) is -0.626. The van der Waals surface area contributed by atoms with Crippen molar-refractivity contribution in [3.05, 3.63) is 41.6 Å². The summed E-state index contributed by atoms with van der Waals surface area (Å²) in [5.41, 5.74) is 1.32. The molecule has 1 aromatic carbocycles. The molecule has 3 nitrogen and oxygen atoms in total. The molecule has 0 bridgehead atoms. The molecule has 0 saturated heterocycles. The van der Waals surface area contributed by atoms with Crippen LogP contribution in [-0.4, -0.2) is 16.5 Å². The number of hydrogen-bond acceptors (Lipinski definition) is 3. The molecule has 0 unspecified atom stereocenters. The molecule has 19 heavy (non-hydrogen) atoms. The van der Waals surface area contributed by atoms with Gasteiger partial charge in [-0.25, -0.2) is 18.7 Å². The maximum Gasteiger partial charge on any atom is 0.223 e. The van der Waals surface area contributed by atoms with E-state index < -0.39 is 11.6 Å². The van der Waals surface area contributed by atoms with Crippen molar-refractivity contribution in [2.45, 2.75) is 20.3 Å². The SMILES string of the molecule is CCCNc1ncc(F)c(-c2cc(F)ccc2C)n1. The minimum Gasteiger partial charge on any atom is -0.354 e. The highest BCUT2D eigenvalue weighted by molar-refractivity contribution is 5.64. The lowest BCUT2D eigenvalue weighted by Crippen LogP contribution is -2.06. The minimum absolute atomic E-state index is 0.116. The Labute approximate surface area is 110 Å². The van der Waals surface area contributed by atoms with E-state index in [1.165, 1.54) is 12.1 Å². The summed E-state index contributed by atoms with van der Waals surface area (Å²) in [6, 6.07) is 4.23. The molecule has 1 aromatic heterocycles. The largest absolute Gasteiger partial charge is 0.354 e. The van der Waals surface area contributed by atoms with E-state index in [0.717, 1.165) is 18.2 Å². The van der Waals surface area contributed by atoms with Gasteiger partial charge in [-0.3, -0.25) is 0 Å². The van der Waals surface area contributed by atoms with E-state index in [0.29, 0.717) is 18.1 Å². The highest BCUT2D eigenvalue weighted by Gasteiger charge is 2.12. The average molecular weight is 263 g/mol. The number of nitrogens with zero attached hydrogens (tertiary/aromatic N) is 2. The molecule has 1 N–H and O–H groups in total. The quantitative estimate of drug-likeness (QED) is 0.916. The van der Waals surface area contributed by atoms with Crippen molar-refractivity contribution in [1.82, 2.24) is 9.97 Å². The molecule has 2 aromatic rings. The fourth-order valence-corrected chi connectivity index (χ4v) is 1.73. The van der Waals surface area contributed by atoms with Gasteiger partial charge in [0.1, 0.15) is 11.5 Å². The summed E-state index contributed by atoms with van der Waals surface area (Å²) >= 11 is 0. The van der Waals surface area contributed by atoms with Gasteiger partial charge in [-0.05, 0) is 31.0 Å². The second-order valence-corrected chi connectivity index (χ2v) is 4.28. The van der Waals surface area contributed by atoms with Gasteiger partial charge in [-0.2, -0.15) is 0 Å². The smallest absolute Gasteiger partial charge is 0.223 e. The van der Waals surface area contributed by atoms with Crippen molar-refractivity contribution in [1.29, 1.82) is 0 Å². The summed E-state index contributed by atoms with van der Waals surface area (Å²) in [5, 5.41) is 2.98. The predicted octanol–water partition coefficient (Wildman–Crippen LogP) is 3.55. The molecule has 0 radical (unpaired) electrons. The zero-order valence-electron chi connectivity index (χ0n) is 10.9. The Morgan fingerprint density at radius 3 is 2.79 bits per heavy atom. The van der Waals surface area contributed by atoms with Crippen LogP contribution in [0.25, 0.3) is 11.3 Å². The normalized spacial score (nSPS) is 10.5. The Morgan fingerprint density at radius 2 is 2.05 bits per heavy atom. The van der Waals surface area contributed by atoms with Gasteiger partial charge in [-0.15, -0.1) is 0 Å². The molecule has 0 saturated carbocycles. The van der Waals surface area contributed by atoms with E-state index in [9.17, 15) is 8.78 Å². The third kappa shape index (κ3) is 3.05. The van der Waals surface area contributed by atoms with Crippen LogP contribution in [0.15, 0.2) is 24.4 Å². The molecule has 1 heterocycles. The van der Waals surface area contributed by atoms with Crippen LogP contribution in [-0.2, 0) is 0 Å². The number of rotatable bonds is 4. The van der Waals surface area contributed by atoms with Crippen LogP contribution in [0.4, 0.5) is 14.7 Å². The first-order chi connectivity index (χ1) is 9.11. The molecule has 0 aliphatic heterocycles. The number of halogens is 2. The standard InChI is InChI=1S/C14H15F2N3/c1-3-6-17-14-18-8-12(16)13(19-14)11-7-10(15)5-4-9(11)2/h4-5,7-8H,3,6H2,1-2H3,(H,17,18,19). The molecule has 2 rings (SSSR count). The molecule has 5 heteroatoms. The van der Waals surface area contributed by atoms with Gasteiger partial charge >= 0.3 is 0 Å². The highest BCUT2D eigenvalue weighted by atomic mass is 19.1. The van der Waals surface area contributed by atoms with Crippen LogP contribution in [0.2, 0.25) is 0 Å². The Hall–Kier alpha value is -2.04. The maximum atomic E-state index is 13.8. The lowest BCUT2D eigenvalue weighted by Gasteiger charge is -2.09. The topological polar surface area (TPSA) is 37.8 Å². The van der Waals surface area contributed by atoms with Gasteiger partial charge in [-0.1, -0.05) is 13.0 Å². The van der Waals surface area contributed by atoms with Gasteiger partial charge in [0, 0.05) is 12.1 Å². The molecule has 0 fully saturated rings. The molecule has 0 amide bonds. The molecule has 0 atom stereocenters. The van der Waals surface area contributed by atoms with E-state index in [-0.39, 0.29) is 5.69 Å². The van der Waals surface area contributed by atoms with Crippen molar-refractivity contribution in [2.24, 2.45) is 0 Å². The Kier molecular flexibility index (Phi) is 4.04. The third-order valence-corrected chi connectivity index (χ3v) is 2.73. The van der Waals surface area contributed by atoms with Crippen molar-refractivity contribution in [3.8, 4) is 11.3 Å². The number of benzene rings is 1. The van der Waals surface area contributed by atoms with E-state index in [2.05, 4.69) is 15.3 Å². The van der Waals surface area contributed by atoms with E-state index in [4.69, 9.17) is 0 Å². The Bertz CT molecular complexity index is 585. The zero-order chi connectivity index (χ0) is 13.8. The van der Waals surface area contributed by atoms with E-state index in [1.54, 1.807) is 13.0 Å². The molecule has 0 spiro atoms. The lowest BCUT2D eigenvalue weighted by molar-refractivity contribution is 0.615. The first-order valence-corrected chi connectivity index (χ1v) is 6.14. The number of anilines is 1. The van der Waals surface area contributed by atoms with E-state index >= 15 is 0 Å². The summed E-state index contributed by atoms with van der Waals surface area (Å²) in [6.07, 6.45) is 2.01. The molecule has 0 aliphatic rings. The maximum absolute atomic E-state index is 13.8. The second-order valence-electron chi connectivity index (χ2n) is 4.28. The van der Waals surface area contributed by atoms with Crippen LogP contribution in [0, 0.1) is 18.6 Å². The van der Waals surface area contributed by atoms with Gasteiger partial charge in [0.25, 0.3) is 0 Å². The first kappa shape index (κ1) is 13.4. The molecule has 100 valence electrons. The second kappa shape index (κ2) is 5.73. The predicted molar refractivity (Wildman–Crippen MR) is 70.9 cm³/mol. The summed E-state index contributed by atoms with van der Waals surface area (Å²) in [4.78, 5) is 7.98. The molecular weight excluding hydrogens is 248 g/mol. The average Bonchev–Trinajstić information content (AvgIpc) is 2.41. The number of hydrogen-bond donors (Lipinski definition) is 1. The van der Waals surface area contributed by atoms with Crippen molar-refractivity contribution in [3.63, 3.8) is 0 Å². The zero-order valence-corrected chi connectivity index (χ0v) is 10.9. The summed E-state index contributed by atoms with van der Waals surface area (Å²) in [7, 11) is 0. The monoisotopic (exact) mass is 263 g/mol. The van der Waals surface area contributed by atoms with Crippen LogP contribution in [0.5, 0.6) is 0 Å². The fraction of sp³-hybridized carbons (Fsp3) is 0.286. The van der Waals surface area contributed by atoms with Crippen molar-refractivity contribution < 1.29 is 8.78 Å². The highest BCUT2D eigenvalue weighted by Crippen LogP contribution is 2.25. The molecular formula is C14H15F2N3. The van der Waals surface area contributed by atoms with Crippen molar-refractivity contribution in [2.75, 3.05) is 11.9 Å². The third-order valence-electron chi connectivity index (χ3n) is 2.73. The number of nitrogens with one attached hydrogen (secondary N) is 1. The van der Waals surface area contributed by atoms with Gasteiger partial charge < -0.3 is 5.32 Å². The number of aromatic nitrogens is 2. The lowest BCUT2D eigenvalue weighted by atomic mass is 10.1. The summed E-state index contributed by atoms with van der Waals surface area (Å²) < 4.78 is 27.1. The van der Waals surface area contributed by atoms with Crippen LogP contribution >= 0.6 is 0 Å². The van der Waals surface area contributed by atoms with Gasteiger partial charge in [0.05, 0.1) is 6.20 Å². The van der Waals surface area contributed by atoms with Crippen molar-refractivity contribution >= 4 is 5.95 Å². The number of aryl methyl sites for hydroxylation is 1.